The monoisotopic (exact) mass is 162 g/mol. The smallest absolute Gasteiger partial charge is 0.0721 e. The maximum atomic E-state index is 8.24. The summed E-state index contributed by atoms with van der Waals surface area (Å²) in [6.07, 6.45) is 1.42. The van der Waals surface area contributed by atoms with Gasteiger partial charge in [0.15, 0.2) is 0 Å². The number of nitriles is 1. The zero-order valence-corrected chi connectivity index (χ0v) is 6.43. The lowest BCUT2D eigenvalue weighted by Gasteiger charge is -1.99. The van der Waals surface area contributed by atoms with Gasteiger partial charge < -0.3 is 10.5 Å². The number of hydrogen-bond acceptors (Lipinski definition) is 3. The summed E-state index contributed by atoms with van der Waals surface area (Å²) in [7, 11) is 0. The van der Waals surface area contributed by atoms with Crippen molar-refractivity contribution in [3.8, 4) is 6.07 Å². The zero-order valence-electron chi connectivity index (χ0n) is 5.62. The van der Waals surface area contributed by atoms with E-state index in [0.29, 0.717) is 13.0 Å². The van der Waals surface area contributed by atoms with Crippen LogP contribution in [0.15, 0.2) is 0 Å². The Balaban J connectivity index is 0.000000810. The van der Waals surface area contributed by atoms with E-state index in [4.69, 9.17) is 15.7 Å². The molecule has 1 saturated heterocycles. The quantitative estimate of drug-likeness (QED) is 0.609. The highest BCUT2D eigenvalue weighted by Gasteiger charge is 2.21. The molecule has 1 aliphatic rings. The fourth-order valence-electron chi connectivity index (χ4n) is 0.978. The summed E-state index contributed by atoms with van der Waals surface area (Å²) in [6.45, 7) is 0.617. The third-order valence-corrected chi connectivity index (χ3v) is 1.43. The second kappa shape index (κ2) is 4.51. The minimum atomic E-state index is 0. The lowest BCUT2D eigenvalue weighted by molar-refractivity contribution is 0.113. The van der Waals surface area contributed by atoms with Gasteiger partial charge in [-0.25, -0.2) is 0 Å². The lowest BCUT2D eigenvalue weighted by atomic mass is 10.1. The molecule has 1 fully saturated rings. The van der Waals surface area contributed by atoms with Crippen molar-refractivity contribution in [2.45, 2.75) is 25.0 Å². The van der Waals surface area contributed by atoms with E-state index in [2.05, 4.69) is 0 Å². The molecular weight excluding hydrogens is 152 g/mol. The summed E-state index contributed by atoms with van der Waals surface area (Å²) in [5.74, 6) is 0. The zero-order chi connectivity index (χ0) is 6.69. The van der Waals surface area contributed by atoms with E-state index in [-0.39, 0.29) is 24.6 Å². The average molecular weight is 163 g/mol. The largest absolute Gasteiger partial charge is 0.375 e. The summed E-state index contributed by atoms with van der Waals surface area (Å²) in [5, 5.41) is 8.24. The van der Waals surface area contributed by atoms with E-state index in [1.54, 1.807) is 0 Å². The molecule has 0 radical (unpaired) electrons. The highest BCUT2D eigenvalue weighted by atomic mass is 35.5. The fraction of sp³-hybridized carbons (Fsp3) is 0.833. The lowest BCUT2D eigenvalue weighted by Crippen LogP contribution is -2.19. The molecule has 2 N–H and O–H groups in total. The second-order valence-electron chi connectivity index (χ2n) is 2.31. The molecule has 4 heteroatoms. The number of nitrogens with two attached hydrogens (primary N) is 1. The molecule has 2 unspecified atom stereocenters. The summed E-state index contributed by atoms with van der Waals surface area (Å²) in [6, 6.07) is 2.21. The predicted molar refractivity (Wildman–Crippen MR) is 39.8 cm³/mol. The molecule has 0 aromatic carbocycles. The molecule has 2 atom stereocenters. The third-order valence-electron chi connectivity index (χ3n) is 1.43. The molecule has 0 saturated carbocycles. The van der Waals surface area contributed by atoms with Crippen LogP contribution in [-0.2, 0) is 4.74 Å². The Morgan fingerprint density at radius 2 is 2.40 bits per heavy atom. The highest BCUT2D eigenvalue weighted by Crippen LogP contribution is 2.13. The van der Waals surface area contributed by atoms with Gasteiger partial charge in [0.2, 0.25) is 0 Å². The van der Waals surface area contributed by atoms with Gasteiger partial charge in [-0.1, -0.05) is 0 Å². The molecule has 0 spiro atoms. The number of ether oxygens (including phenoxy) is 1. The molecule has 1 heterocycles. The van der Waals surface area contributed by atoms with E-state index in [9.17, 15) is 0 Å². The molecule has 0 bridgehead atoms. The van der Waals surface area contributed by atoms with Gasteiger partial charge in [-0.05, 0) is 6.42 Å². The minimum absolute atomic E-state index is 0. The van der Waals surface area contributed by atoms with Gasteiger partial charge >= 0.3 is 0 Å². The molecule has 58 valence electrons. The van der Waals surface area contributed by atoms with Crippen molar-refractivity contribution in [1.82, 2.24) is 0 Å². The summed E-state index contributed by atoms with van der Waals surface area (Å²) >= 11 is 0. The van der Waals surface area contributed by atoms with Crippen LogP contribution in [-0.4, -0.2) is 18.8 Å². The van der Waals surface area contributed by atoms with E-state index in [1.807, 2.05) is 6.07 Å². The van der Waals surface area contributed by atoms with Crippen LogP contribution in [0.1, 0.15) is 12.8 Å². The summed E-state index contributed by atoms with van der Waals surface area (Å²) in [5.41, 5.74) is 5.52. The van der Waals surface area contributed by atoms with Crippen LogP contribution in [0.3, 0.4) is 0 Å². The van der Waals surface area contributed by atoms with E-state index < -0.39 is 0 Å². The highest BCUT2D eigenvalue weighted by molar-refractivity contribution is 5.85. The van der Waals surface area contributed by atoms with Gasteiger partial charge in [0.1, 0.15) is 0 Å². The van der Waals surface area contributed by atoms with Crippen molar-refractivity contribution < 1.29 is 4.74 Å². The Labute approximate surface area is 66.6 Å². The van der Waals surface area contributed by atoms with Gasteiger partial charge in [-0.2, -0.15) is 5.26 Å². The molecular formula is C6H11ClN2O. The second-order valence-corrected chi connectivity index (χ2v) is 2.31. The van der Waals surface area contributed by atoms with Crippen molar-refractivity contribution in [2.75, 3.05) is 6.61 Å². The van der Waals surface area contributed by atoms with Gasteiger partial charge in [0, 0.05) is 6.04 Å². The molecule has 1 aliphatic heterocycles. The third kappa shape index (κ3) is 2.53. The topological polar surface area (TPSA) is 59.0 Å². The molecule has 0 amide bonds. The van der Waals surface area contributed by atoms with Crippen LogP contribution in [0.4, 0.5) is 0 Å². The molecule has 3 nitrogen and oxygen atoms in total. The Morgan fingerprint density at radius 1 is 1.70 bits per heavy atom. The predicted octanol–water partition coefficient (Wildman–Crippen LogP) is 0.438. The first-order valence-corrected chi connectivity index (χ1v) is 3.07. The van der Waals surface area contributed by atoms with Crippen LogP contribution in [0.2, 0.25) is 0 Å². The van der Waals surface area contributed by atoms with Crippen LogP contribution in [0.5, 0.6) is 0 Å². The van der Waals surface area contributed by atoms with Crippen molar-refractivity contribution >= 4 is 12.4 Å². The Hall–Kier alpha value is -0.300. The summed E-state index contributed by atoms with van der Waals surface area (Å²) in [4.78, 5) is 0. The first kappa shape index (κ1) is 9.70. The molecule has 1 rings (SSSR count). The number of hydrogen-bond donors (Lipinski definition) is 1. The molecule has 10 heavy (non-hydrogen) atoms. The van der Waals surface area contributed by atoms with Gasteiger partial charge in [0.05, 0.1) is 25.2 Å². The van der Waals surface area contributed by atoms with E-state index in [1.165, 1.54) is 0 Å². The van der Waals surface area contributed by atoms with Crippen LogP contribution >= 0.6 is 12.4 Å². The maximum Gasteiger partial charge on any atom is 0.0721 e. The fourth-order valence-corrected chi connectivity index (χ4v) is 0.978. The average Bonchev–Trinajstić information content (AvgIpc) is 2.17. The standard InChI is InChI=1S/C6H10N2O.ClH/c7-2-1-6-3-5(8)4-9-6;/h5-6H,1,3-4,8H2;1H. The van der Waals surface area contributed by atoms with Gasteiger partial charge in [-0.3, -0.25) is 0 Å². The Bertz CT molecular complexity index is 134. The van der Waals surface area contributed by atoms with Crippen molar-refractivity contribution in [3.63, 3.8) is 0 Å². The first-order valence-electron chi connectivity index (χ1n) is 3.07. The normalized spacial score (nSPS) is 30.8. The van der Waals surface area contributed by atoms with Crippen molar-refractivity contribution in [2.24, 2.45) is 5.73 Å². The SMILES string of the molecule is Cl.N#CCC1CC(N)CO1. The van der Waals surface area contributed by atoms with Crippen LogP contribution < -0.4 is 5.73 Å². The van der Waals surface area contributed by atoms with E-state index in [0.717, 1.165) is 6.42 Å². The van der Waals surface area contributed by atoms with Crippen molar-refractivity contribution in [3.05, 3.63) is 0 Å². The number of halogens is 1. The Morgan fingerprint density at radius 3 is 2.80 bits per heavy atom. The van der Waals surface area contributed by atoms with Gasteiger partial charge in [0.25, 0.3) is 0 Å². The van der Waals surface area contributed by atoms with Crippen LogP contribution in [0, 0.1) is 11.3 Å². The number of nitrogens with zero attached hydrogens (tertiary/aromatic N) is 1. The molecule has 0 aliphatic carbocycles. The Kier molecular flexibility index (Phi) is 4.37. The molecule has 0 aromatic rings. The van der Waals surface area contributed by atoms with Gasteiger partial charge in [-0.15, -0.1) is 12.4 Å². The van der Waals surface area contributed by atoms with Crippen molar-refractivity contribution in [1.29, 1.82) is 5.26 Å². The summed E-state index contributed by atoms with van der Waals surface area (Å²) < 4.78 is 5.16. The minimum Gasteiger partial charge on any atom is -0.375 e. The van der Waals surface area contributed by atoms with E-state index >= 15 is 0 Å². The van der Waals surface area contributed by atoms with Crippen LogP contribution in [0.25, 0.3) is 0 Å². The molecule has 0 aromatic heterocycles. The maximum absolute atomic E-state index is 8.24. The number of rotatable bonds is 1. The first-order chi connectivity index (χ1) is 4.33.